The van der Waals surface area contributed by atoms with E-state index in [4.69, 9.17) is 0 Å². The highest BCUT2D eigenvalue weighted by Crippen LogP contribution is 2.31. The Bertz CT molecular complexity index is 788. The van der Waals surface area contributed by atoms with Gasteiger partial charge >= 0.3 is 6.18 Å². The van der Waals surface area contributed by atoms with E-state index < -0.39 is 18.5 Å². The molecule has 0 bridgehead atoms. The zero-order valence-electron chi connectivity index (χ0n) is 14.1. The predicted molar refractivity (Wildman–Crippen MR) is 89.9 cm³/mol. The highest BCUT2D eigenvalue weighted by atomic mass is 19.4. The first kappa shape index (κ1) is 18.4. The molecule has 2 heterocycles. The summed E-state index contributed by atoms with van der Waals surface area (Å²) >= 11 is 0. The summed E-state index contributed by atoms with van der Waals surface area (Å²) in [4.78, 5) is 17.4. The van der Waals surface area contributed by atoms with Gasteiger partial charge in [-0.05, 0) is 24.5 Å². The Morgan fingerprint density at radius 1 is 1.08 bits per heavy atom. The van der Waals surface area contributed by atoms with Crippen molar-refractivity contribution in [1.82, 2.24) is 9.88 Å². The van der Waals surface area contributed by atoms with Gasteiger partial charge in [0.05, 0.1) is 12.3 Å². The topological polar surface area (TPSA) is 53.4 Å². The molecule has 1 fully saturated rings. The molecule has 1 aliphatic heterocycles. The number of carbonyl (C=O) groups excluding carboxylic acids is 1. The van der Waals surface area contributed by atoms with E-state index in [2.05, 4.69) is 4.98 Å². The van der Waals surface area contributed by atoms with Gasteiger partial charge in [0.25, 0.3) is 0 Å². The largest absolute Gasteiger partial charge is 0.433 e. The quantitative estimate of drug-likeness (QED) is 0.899. The van der Waals surface area contributed by atoms with E-state index in [1.807, 2.05) is 0 Å². The third-order valence-corrected chi connectivity index (χ3v) is 4.46. The Morgan fingerprint density at radius 3 is 2.42 bits per heavy atom. The van der Waals surface area contributed by atoms with E-state index in [0.717, 1.165) is 31.0 Å². The van der Waals surface area contributed by atoms with Gasteiger partial charge < -0.3 is 10.0 Å². The second kappa shape index (κ2) is 7.45. The van der Waals surface area contributed by atoms with Crippen LogP contribution in [-0.4, -0.2) is 27.4 Å². The third kappa shape index (κ3) is 4.04. The molecule has 4 nitrogen and oxygen atoms in total. The molecule has 7 heteroatoms. The van der Waals surface area contributed by atoms with Gasteiger partial charge in [0.1, 0.15) is 5.69 Å². The summed E-state index contributed by atoms with van der Waals surface area (Å²) in [6.07, 6.45) is -2.08. The first-order valence-corrected chi connectivity index (χ1v) is 8.43. The molecule has 0 atom stereocenters. The fourth-order valence-electron chi connectivity index (χ4n) is 3.04. The molecule has 0 spiro atoms. The number of likely N-dealkylation sites (tertiary alicyclic amines) is 1. The van der Waals surface area contributed by atoms with Gasteiger partial charge in [-0.1, -0.05) is 30.3 Å². The monoisotopic (exact) mass is 364 g/mol. The summed E-state index contributed by atoms with van der Waals surface area (Å²) in [6.45, 7) is 0.816. The number of aliphatic hydroxyl groups is 1. The first-order valence-electron chi connectivity index (χ1n) is 8.43. The Kier molecular flexibility index (Phi) is 5.27. The maximum absolute atomic E-state index is 12.9. The minimum Gasteiger partial charge on any atom is -0.392 e. The molecule has 1 aromatic carbocycles. The molecule has 1 aliphatic rings. The Hall–Kier alpha value is -2.41. The average molecular weight is 364 g/mol. The number of halogens is 3. The highest BCUT2D eigenvalue weighted by molar-refractivity contribution is 5.76. The predicted octanol–water partition coefficient (Wildman–Crippen LogP) is 3.77. The second-order valence-corrected chi connectivity index (χ2v) is 6.33. The van der Waals surface area contributed by atoms with Crippen LogP contribution in [0, 0.1) is 0 Å². The molecule has 1 aromatic heterocycles. The maximum Gasteiger partial charge on any atom is 0.433 e. The van der Waals surface area contributed by atoms with Crippen molar-refractivity contribution in [3.05, 3.63) is 53.2 Å². The van der Waals surface area contributed by atoms with Crippen molar-refractivity contribution in [3.8, 4) is 11.3 Å². The standard InChI is InChI=1S/C19H19F3N2O2/c20-19(21,22)16-9-8-15(12-25)18(23-16)14-6-4-13(5-7-14)11-24-10-2-1-3-17(24)26/h4-9,25H,1-3,10-12H2. The van der Waals surface area contributed by atoms with Crippen molar-refractivity contribution in [2.75, 3.05) is 6.54 Å². The Labute approximate surface area is 149 Å². The van der Waals surface area contributed by atoms with Crippen LogP contribution in [0.15, 0.2) is 36.4 Å². The second-order valence-electron chi connectivity index (χ2n) is 6.33. The zero-order chi connectivity index (χ0) is 18.7. The van der Waals surface area contributed by atoms with Crippen LogP contribution in [0.1, 0.15) is 36.1 Å². The number of pyridine rings is 1. The van der Waals surface area contributed by atoms with Crippen molar-refractivity contribution in [1.29, 1.82) is 0 Å². The average Bonchev–Trinajstić information content (AvgIpc) is 2.63. The van der Waals surface area contributed by atoms with Crippen molar-refractivity contribution < 1.29 is 23.1 Å². The number of hydrogen-bond donors (Lipinski definition) is 1. The normalized spacial score (nSPS) is 15.4. The SMILES string of the molecule is O=C1CCCCN1Cc1ccc(-c2nc(C(F)(F)F)ccc2CO)cc1. The van der Waals surface area contributed by atoms with Crippen molar-refractivity contribution in [2.24, 2.45) is 0 Å². The van der Waals surface area contributed by atoms with Gasteiger partial charge in [-0.25, -0.2) is 4.98 Å². The van der Waals surface area contributed by atoms with Crippen molar-refractivity contribution in [3.63, 3.8) is 0 Å². The minimum absolute atomic E-state index is 0.114. The van der Waals surface area contributed by atoms with Crippen LogP contribution in [0.2, 0.25) is 0 Å². The zero-order valence-corrected chi connectivity index (χ0v) is 14.1. The number of amides is 1. The van der Waals surface area contributed by atoms with Crippen LogP contribution in [0.3, 0.4) is 0 Å². The fraction of sp³-hybridized carbons (Fsp3) is 0.368. The molecule has 26 heavy (non-hydrogen) atoms. The number of rotatable bonds is 4. The van der Waals surface area contributed by atoms with E-state index in [9.17, 15) is 23.1 Å². The van der Waals surface area contributed by atoms with Crippen molar-refractivity contribution in [2.45, 2.75) is 38.6 Å². The number of piperidine rings is 1. The molecule has 1 saturated heterocycles. The number of alkyl halides is 3. The number of hydrogen-bond acceptors (Lipinski definition) is 3. The Balaban J connectivity index is 1.85. The molecule has 3 rings (SSSR count). The van der Waals surface area contributed by atoms with Crippen LogP contribution in [0.25, 0.3) is 11.3 Å². The molecule has 138 valence electrons. The molecule has 2 aromatic rings. The lowest BCUT2D eigenvalue weighted by molar-refractivity contribution is -0.141. The minimum atomic E-state index is -4.54. The van der Waals surface area contributed by atoms with Gasteiger partial charge in [0, 0.05) is 30.6 Å². The summed E-state index contributed by atoms with van der Waals surface area (Å²) in [5.74, 6) is 0.127. The van der Waals surface area contributed by atoms with Crippen LogP contribution >= 0.6 is 0 Å². The molecule has 0 radical (unpaired) electrons. The lowest BCUT2D eigenvalue weighted by Gasteiger charge is -2.26. The summed E-state index contributed by atoms with van der Waals surface area (Å²) in [6, 6.07) is 9.01. The van der Waals surface area contributed by atoms with E-state index in [1.165, 1.54) is 6.07 Å². The fourth-order valence-corrected chi connectivity index (χ4v) is 3.04. The molecule has 0 unspecified atom stereocenters. The molecule has 0 aliphatic carbocycles. The number of carbonyl (C=O) groups is 1. The molecule has 0 saturated carbocycles. The molecular weight excluding hydrogens is 345 g/mol. The number of aromatic nitrogens is 1. The summed E-state index contributed by atoms with van der Waals surface area (Å²) in [7, 11) is 0. The smallest absolute Gasteiger partial charge is 0.392 e. The lowest BCUT2D eigenvalue weighted by Crippen LogP contribution is -2.34. The Morgan fingerprint density at radius 2 is 1.81 bits per heavy atom. The third-order valence-electron chi connectivity index (χ3n) is 4.46. The van der Waals surface area contributed by atoms with Crippen LogP contribution in [0.5, 0.6) is 0 Å². The summed E-state index contributed by atoms with van der Waals surface area (Å²) in [5.41, 5.74) is 0.850. The van der Waals surface area contributed by atoms with Gasteiger partial charge in [-0.2, -0.15) is 13.2 Å². The maximum atomic E-state index is 12.9. The summed E-state index contributed by atoms with van der Waals surface area (Å²) in [5, 5.41) is 9.41. The number of nitrogens with zero attached hydrogens (tertiary/aromatic N) is 2. The van der Waals surface area contributed by atoms with E-state index in [1.54, 1.807) is 29.2 Å². The number of benzene rings is 1. The molecule has 1 amide bonds. The van der Waals surface area contributed by atoms with Crippen LogP contribution in [0.4, 0.5) is 13.2 Å². The van der Waals surface area contributed by atoms with Crippen molar-refractivity contribution >= 4 is 5.91 Å². The van der Waals surface area contributed by atoms with Gasteiger partial charge in [0.2, 0.25) is 5.91 Å². The summed E-state index contributed by atoms with van der Waals surface area (Å²) < 4.78 is 38.8. The van der Waals surface area contributed by atoms with E-state index in [-0.39, 0.29) is 11.6 Å². The first-order chi connectivity index (χ1) is 12.4. The molecular formula is C19H19F3N2O2. The highest BCUT2D eigenvalue weighted by Gasteiger charge is 2.33. The molecule has 1 N–H and O–H groups in total. The number of aliphatic hydroxyl groups excluding tert-OH is 1. The van der Waals surface area contributed by atoms with Gasteiger partial charge in [-0.3, -0.25) is 4.79 Å². The van der Waals surface area contributed by atoms with E-state index >= 15 is 0 Å². The van der Waals surface area contributed by atoms with Crippen LogP contribution < -0.4 is 0 Å². The van der Waals surface area contributed by atoms with E-state index in [0.29, 0.717) is 24.1 Å². The van der Waals surface area contributed by atoms with Gasteiger partial charge in [-0.15, -0.1) is 0 Å². The van der Waals surface area contributed by atoms with Gasteiger partial charge in [0.15, 0.2) is 0 Å². The lowest BCUT2D eigenvalue weighted by atomic mass is 10.0. The van der Waals surface area contributed by atoms with Crippen LogP contribution in [-0.2, 0) is 24.1 Å².